The first kappa shape index (κ1) is 5.95. The van der Waals surface area contributed by atoms with E-state index < -0.39 is 0 Å². The molecule has 1 aliphatic rings. The van der Waals surface area contributed by atoms with Crippen LogP contribution in [0.5, 0.6) is 0 Å². The molecule has 0 fully saturated rings. The molecule has 0 N–H and O–H groups in total. The van der Waals surface area contributed by atoms with Gasteiger partial charge in [0.2, 0.25) is 0 Å². The minimum atomic E-state index is 0.250. The van der Waals surface area contributed by atoms with Crippen molar-refractivity contribution < 1.29 is 4.84 Å². The van der Waals surface area contributed by atoms with Crippen LogP contribution in [0.25, 0.3) is 0 Å². The molecule has 0 spiro atoms. The lowest BCUT2D eigenvalue weighted by molar-refractivity contribution is 0.148. The number of nitrogens with zero attached hydrogens (tertiary/aromatic N) is 1. The molecule has 0 aromatic heterocycles. The van der Waals surface area contributed by atoms with Gasteiger partial charge in [-0.3, -0.25) is 0 Å². The minimum Gasteiger partial charge on any atom is -0.381 e. The fraction of sp³-hybridized carbons (Fsp3) is 0.800. The Kier molecular flexibility index (Phi) is 2.21. The van der Waals surface area contributed by atoms with Crippen molar-refractivity contribution in [3.05, 3.63) is 0 Å². The second-order valence-corrected chi connectivity index (χ2v) is 2.88. The first-order valence-corrected chi connectivity index (χ1v) is 3.68. The third kappa shape index (κ3) is 1.40. The maximum absolute atomic E-state index is 4.87. The highest BCUT2D eigenvalue weighted by Gasteiger charge is 2.11. The molecule has 0 aromatic rings. The lowest BCUT2D eigenvalue weighted by atomic mass is 10.5. The smallest absolute Gasteiger partial charge is 0.178 e. The van der Waals surface area contributed by atoms with Gasteiger partial charge in [-0.25, -0.2) is 0 Å². The molecule has 3 heteroatoms. The Balaban J connectivity index is 2.10. The van der Waals surface area contributed by atoms with E-state index in [4.69, 9.17) is 4.84 Å². The molecule has 0 aromatic carbocycles. The molecule has 0 aliphatic carbocycles. The molecule has 0 bridgehead atoms. The van der Waals surface area contributed by atoms with E-state index in [9.17, 15) is 0 Å². The van der Waals surface area contributed by atoms with E-state index in [1.165, 1.54) is 0 Å². The first-order valence-electron chi connectivity index (χ1n) is 2.64. The van der Waals surface area contributed by atoms with E-state index in [1.54, 1.807) is 11.8 Å². The number of rotatable bonds is 2. The SMILES string of the molecule is CCSC1C[C]=NO1. The summed E-state index contributed by atoms with van der Waals surface area (Å²) in [5.41, 5.74) is 0.250. The molecule has 1 radical (unpaired) electrons. The third-order valence-corrected chi connectivity index (χ3v) is 1.80. The second-order valence-electron chi connectivity index (χ2n) is 1.44. The lowest BCUT2D eigenvalue weighted by Gasteiger charge is -2.02. The summed E-state index contributed by atoms with van der Waals surface area (Å²) in [6.45, 7) is 2.10. The zero-order valence-electron chi connectivity index (χ0n) is 4.76. The second kappa shape index (κ2) is 2.97. The normalized spacial score (nSPS) is 25.9. The number of hydrogen-bond donors (Lipinski definition) is 0. The molecule has 1 atom stereocenters. The monoisotopic (exact) mass is 130 g/mol. The molecule has 2 nitrogen and oxygen atoms in total. The van der Waals surface area contributed by atoms with Crippen molar-refractivity contribution in [3.8, 4) is 0 Å². The fourth-order valence-corrected chi connectivity index (χ4v) is 1.19. The lowest BCUT2D eigenvalue weighted by Crippen LogP contribution is -1.97. The Morgan fingerprint density at radius 2 is 2.88 bits per heavy atom. The summed E-state index contributed by atoms with van der Waals surface area (Å²) in [5.74, 6) is 1.09. The van der Waals surface area contributed by atoms with Gasteiger partial charge in [0.15, 0.2) is 5.44 Å². The van der Waals surface area contributed by atoms with Crippen LogP contribution in [0.4, 0.5) is 0 Å². The maximum Gasteiger partial charge on any atom is 0.178 e. The first-order chi connectivity index (χ1) is 3.93. The highest BCUT2D eigenvalue weighted by atomic mass is 32.2. The molecular formula is C5H8NOS. The minimum absolute atomic E-state index is 0.250. The highest BCUT2D eigenvalue weighted by Crippen LogP contribution is 2.18. The molecule has 1 unspecified atom stereocenters. The maximum atomic E-state index is 4.87. The van der Waals surface area contributed by atoms with Gasteiger partial charge >= 0.3 is 0 Å². The van der Waals surface area contributed by atoms with E-state index in [1.807, 2.05) is 0 Å². The van der Waals surface area contributed by atoms with Gasteiger partial charge in [0, 0.05) is 6.42 Å². The van der Waals surface area contributed by atoms with Crippen LogP contribution in [0.2, 0.25) is 0 Å². The van der Waals surface area contributed by atoms with Crippen LogP contribution in [-0.2, 0) is 4.84 Å². The number of hydrogen-bond acceptors (Lipinski definition) is 3. The zero-order valence-corrected chi connectivity index (χ0v) is 5.57. The molecule has 45 valence electrons. The summed E-state index contributed by atoms with van der Waals surface area (Å²) in [5, 5.41) is 3.51. The Hall–Kier alpha value is -0.180. The van der Waals surface area contributed by atoms with Gasteiger partial charge in [-0.05, 0) is 5.75 Å². The van der Waals surface area contributed by atoms with Crippen molar-refractivity contribution in [2.45, 2.75) is 18.8 Å². The van der Waals surface area contributed by atoms with Crippen molar-refractivity contribution in [2.24, 2.45) is 5.16 Å². The molecule has 0 amide bonds. The van der Waals surface area contributed by atoms with Gasteiger partial charge in [0.05, 0.1) is 0 Å². The molecule has 0 saturated carbocycles. The Morgan fingerprint density at radius 3 is 3.38 bits per heavy atom. The van der Waals surface area contributed by atoms with Crippen LogP contribution in [0.15, 0.2) is 5.16 Å². The van der Waals surface area contributed by atoms with E-state index in [2.05, 4.69) is 18.3 Å². The molecule has 1 heterocycles. The molecule has 1 aliphatic heterocycles. The molecule has 0 saturated heterocycles. The van der Waals surface area contributed by atoms with Crippen LogP contribution in [0.1, 0.15) is 13.3 Å². The van der Waals surface area contributed by atoms with E-state index >= 15 is 0 Å². The Bertz CT molecular complexity index is 86.4. The summed E-state index contributed by atoms with van der Waals surface area (Å²) < 4.78 is 0. The van der Waals surface area contributed by atoms with Gasteiger partial charge in [-0.2, -0.15) is 0 Å². The van der Waals surface area contributed by atoms with E-state index in [0.29, 0.717) is 0 Å². The predicted octanol–water partition coefficient (Wildman–Crippen LogP) is 1.35. The van der Waals surface area contributed by atoms with Crippen LogP contribution >= 0.6 is 11.8 Å². The zero-order chi connectivity index (χ0) is 5.82. The van der Waals surface area contributed by atoms with Gasteiger partial charge in [0.1, 0.15) is 6.21 Å². The van der Waals surface area contributed by atoms with Crippen LogP contribution in [-0.4, -0.2) is 17.4 Å². The van der Waals surface area contributed by atoms with E-state index in [0.717, 1.165) is 12.2 Å². The van der Waals surface area contributed by atoms with Crippen LogP contribution < -0.4 is 0 Å². The largest absolute Gasteiger partial charge is 0.381 e. The summed E-state index contributed by atoms with van der Waals surface area (Å²) in [7, 11) is 0. The summed E-state index contributed by atoms with van der Waals surface area (Å²) in [6, 6.07) is 0. The van der Waals surface area contributed by atoms with Crippen molar-refractivity contribution in [1.82, 2.24) is 0 Å². The standard InChI is InChI=1S/C5H8NOS/c1-2-8-5-3-4-6-7-5/h5H,2-3H2,1H3. The molecule has 8 heavy (non-hydrogen) atoms. The summed E-state index contributed by atoms with van der Waals surface area (Å²) >= 11 is 1.76. The van der Waals surface area contributed by atoms with Crippen molar-refractivity contribution >= 4 is 18.0 Å². The summed E-state index contributed by atoms with van der Waals surface area (Å²) in [6.07, 6.45) is 3.58. The van der Waals surface area contributed by atoms with Crippen molar-refractivity contribution in [2.75, 3.05) is 5.75 Å². The Labute approximate surface area is 53.3 Å². The third-order valence-electron chi connectivity index (χ3n) is 0.845. The molecular weight excluding hydrogens is 122 g/mol. The number of thioether (sulfide) groups is 1. The average molecular weight is 130 g/mol. The van der Waals surface area contributed by atoms with E-state index in [-0.39, 0.29) is 5.44 Å². The van der Waals surface area contributed by atoms with Gasteiger partial charge in [-0.15, -0.1) is 11.8 Å². The average Bonchev–Trinajstić information content (AvgIpc) is 2.19. The van der Waals surface area contributed by atoms with Gasteiger partial charge in [-0.1, -0.05) is 12.1 Å². The highest BCUT2D eigenvalue weighted by molar-refractivity contribution is 7.99. The molecule has 1 rings (SSSR count). The fourth-order valence-electron chi connectivity index (χ4n) is 0.520. The topological polar surface area (TPSA) is 21.6 Å². The van der Waals surface area contributed by atoms with Crippen LogP contribution in [0.3, 0.4) is 0 Å². The van der Waals surface area contributed by atoms with Crippen molar-refractivity contribution in [1.29, 1.82) is 0 Å². The van der Waals surface area contributed by atoms with Gasteiger partial charge in [0.25, 0.3) is 0 Å². The Morgan fingerprint density at radius 1 is 2.00 bits per heavy atom. The summed E-state index contributed by atoms with van der Waals surface area (Å²) in [4.78, 5) is 4.87. The van der Waals surface area contributed by atoms with Crippen molar-refractivity contribution in [3.63, 3.8) is 0 Å². The van der Waals surface area contributed by atoms with Gasteiger partial charge < -0.3 is 4.84 Å². The quantitative estimate of drug-likeness (QED) is 0.562. The van der Waals surface area contributed by atoms with Crippen LogP contribution in [0, 0.1) is 0 Å². The predicted molar refractivity (Wildman–Crippen MR) is 35.1 cm³/mol.